The first kappa shape index (κ1) is 12.9. The highest BCUT2D eigenvalue weighted by Crippen LogP contribution is 2.14. The van der Waals surface area contributed by atoms with Crippen molar-refractivity contribution in [3.8, 4) is 0 Å². The van der Waals surface area contributed by atoms with E-state index in [9.17, 15) is 14.6 Å². The third kappa shape index (κ3) is 4.14. The number of hydroxylamine groups is 2. The molecule has 0 bridgehead atoms. The van der Waals surface area contributed by atoms with E-state index in [2.05, 4.69) is 0 Å². The normalized spacial score (nSPS) is 12.1. The van der Waals surface area contributed by atoms with Gasteiger partial charge >= 0.3 is 0 Å². The average molecular weight is 243 g/mol. The third-order valence-electron chi connectivity index (χ3n) is 2.02. The number of amides is 1. The van der Waals surface area contributed by atoms with Gasteiger partial charge in [0.15, 0.2) is 8.03 Å². The summed E-state index contributed by atoms with van der Waals surface area (Å²) in [5, 5.41) is 9.97. The maximum absolute atomic E-state index is 11.6. The molecule has 0 aliphatic carbocycles. The minimum atomic E-state index is -2.52. The van der Waals surface area contributed by atoms with E-state index in [-0.39, 0.29) is 12.7 Å². The summed E-state index contributed by atoms with van der Waals surface area (Å²) in [6.07, 6.45) is 0.424. The van der Waals surface area contributed by atoms with Gasteiger partial charge in [-0.2, -0.15) is 0 Å². The molecule has 1 amide bonds. The molecule has 1 aromatic carbocycles. The van der Waals surface area contributed by atoms with Crippen LogP contribution in [0.4, 0.5) is 0 Å². The van der Waals surface area contributed by atoms with Crippen LogP contribution in [0.15, 0.2) is 30.3 Å². The number of nitrogens with zero attached hydrogens (tertiary/aromatic N) is 1. The first-order valence-corrected chi connectivity index (χ1v) is 6.45. The van der Waals surface area contributed by atoms with Gasteiger partial charge < -0.3 is 4.89 Å². The second-order valence-electron chi connectivity index (χ2n) is 3.29. The summed E-state index contributed by atoms with van der Waals surface area (Å²) >= 11 is 0. The van der Waals surface area contributed by atoms with E-state index in [0.717, 1.165) is 0 Å². The molecule has 0 radical (unpaired) electrons. The topological polar surface area (TPSA) is 77.8 Å². The number of hydrogen-bond acceptors (Lipinski definition) is 3. The van der Waals surface area contributed by atoms with Gasteiger partial charge in [-0.15, -0.1) is 0 Å². The lowest BCUT2D eigenvalue weighted by atomic mass is 10.2. The molecule has 0 aliphatic rings. The zero-order chi connectivity index (χ0) is 12.0. The van der Waals surface area contributed by atoms with Crippen molar-refractivity contribution in [1.82, 2.24) is 5.06 Å². The lowest BCUT2D eigenvalue weighted by Gasteiger charge is -2.14. The van der Waals surface area contributed by atoms with Crippen LogP contribution in [-0.4, -0.2) is 33.8 Å². The summed E-state index contributed by atoms with van der Waals surface area (Å²) < 4.78 is 10.4. The lowest BCUT2D eigenvalue weighted by Crippen LogP contribution is -2.28. The summed E-state index contributed by atoms with van der Waals surface area (Å²) in [4.78, 5) is 20.1. The molecule has 0 fully saturated rings. The minimum Gasteiger partial charge on any atom is -0.346 e. The predicted molar refractivity (Wildman–Crippen MR) is 60.0 cm³/mol. The Morgan fingerprint density at radius 3 is 2.50 bits per heavy atom. The van der Waals surface area contributed by atoms with Gasteiger partial charge in [-0.1, -0.05) is 18.2 Å². The minimum absolute atomic E-state index is 0.0602. The molecular formula is C10H14NO4P. The summed E-state index contributed by atoms with van der Waals surface area (Å²) in [7, 11) is -2.52. The summed E-state index contributed by atoms with van der Waals surface area (Å²) in [5.74, 6) is -0.502. The summed E-state index contributed by atoms with van der Waals surface area (Å²) in [6.45, 7) is 0.0602. The Bertz CT molecular complexity index is 368. The molecule has 1 atom stereocenters. The number of carbonyl (C=O) groups is 1. The van der Waals surface area contributed by atoms with Crippen LogP contribution in [0, 0.1) is 0 Å². The van der Waals surface area contributed by atoms with Gasteiger partial charge in [0.2, 0.25) is 0 Å². The van der Waals surface area contributed by atoms with Crippen LogP contribution in [0.25, 0.3) is 0 Å². The van der Waals surface area contributed by atoms with Crippen LogP contribution in [0.5, 0.6) is 0 Å². The Morgan fingerprint density at radius 2 is 1.94 bits per heavy atom. The number of hydrogen-bond donors (Lipinski definition) is 2. The van der Waals surface area contributed by atoms with E-state index in [0.29, 0.717) is 17.0 Å². The second-order valence-corrected chi connectivity index (χ2v) is 4.58. The van der Waals surface area contributed by atoms with E-state index < -0.39 is 13.9 Å². The molecule has 1 rings (SSSR count). The van der Waals surface area contributed by atoms with E-state index in [1.807, 2.05) is 0 Å². The van der Waals surface area contributed by atoms with Gasteiger partial charge in [0, 0.05) is 18.3 Å². The van der Waals surface area contributed by atoms with E-state index >= 15 is 0 Å². The summed E-state index contributed by atoms with van der Waals surface area (Å²) in [6, 6.07) is 8.37. The molecule has 1 aromatic rings. The van der Waals surface area contributed by atoms with E-state index in [4.69, 9.17) is 4.89 Å². The fourth-order valence-electron chi connectivity index (χ4n) is 1.21. The van der Waals surface area contributed by atoms with Gasteiger partial charge in [0.1, 0.15) is 0 Å². The number of carbonyl (C=O) groups excluding carboxylic acids is 1. The quantitative estimate of drug-likeness (QED) is 0.465. The molecule has 16 heavy (non-hydrogen) atoms. The van der Waals surface area contributed by atoms with Gasteiger partial charge in [0.05, 0.1) is 0 Å². The van der Waals surface area contributed by atoms with Crippen molar-refractivity contribution >= 4 is 13.9 Å². The molecule has 0 saturated heterocycles. The fourth-order valence-corrected chi connectivity index (χ4v) is 1.67. The molecule has 6 heteroatoms. The van der Waals surface area contributed by atoms with Crippen molar-refractivity contribution < 1.29 is 19.5 Å². The molecule has 0 aliphatic heterocycles. The van der Waals surface area contributed by atoms with E-state index in [1.54, 1.807) is 30.3 Å². The van der Waals surface area contributed by atoms with Gasteiger partial charge in [-0.25, -0.2) is 5.06 Å². The first-order valence-electron chi connectivity index (χ1n) is 4.89. The van der Waals surface area contributed by atoms with Gasteiger partial charge in [-0.05, 0) is 18.6 Å². The fraction of sp³-hybridized carbons (Fsp3) is 0.300. The standard InChI is InChI=1S/C10H14NO4P/c12-10(9-5-2-1-3-6-9)11(13)7-4-8-16(14)15/h1-3,5-6,13,16H,4,7-8H2,(H,14,15). The highest BCUT2D eigenvalue weighted by Gasteiger charge is 2.12. The van der Waals surface area contributed by atoms with Crippen molar-refractivity contribution in [2.75, 3.05) is 12.7 Å². The first-order chi connectivity index (χ1) is 7.61. The number of rotatable bonds is 5. The van der Waals surface area contributed by atoms with Gasteiger partial charge in [0.25, 0.3) is 5.91 Å². The highest BCUT2D eigenvalue weighted by atomic mass is 31.1. The van der Waals surface area contributed by atoms with Crippen molar-refractivity contribution in [2.24, 2.45) is 0 Å². The molecule has 1 unspecified atom stereocenters. The average Bonchev–Trinajstić information content (AvgIpc) is 2.28. The summed E-state index contributed by atoms with van der Waals surface area (Å²) in [5.41, 5.74) is 0.390. The highest BCUT2D eigenvalue weighted by molar-refractivity contribution is 7.37. The Morgan fingerprint density at radius 1 is 1.31 bits per heavy atom. The zero-order valence-corrected chi connectivity index (χ0v) is 9.67. The van der Waals surface area contributed by atoms with Crippen molar-refractivity contribution in [3.05, 3.63) is 35.9 Å². The molecule has 0 heterocycles. The monoisotopic (exact) mass is 243 g/mol. The van der Waals surface area contributed by atoms with Crippen LogP contribution in [0.3, 0.4) is 0 Å². The Hall–Kier alpha value is -1.16. The predicted octanol–water partition coefficient (Wildman–Crippen LogP) is 1.38. The molecule has 0 spiro atoms. The second kappa shape index (κ2) is 6.43. The lowest BCUT2D eigenvalue weighted by molar-refractivity contribution is -0.0577. The molecular weight excluding hydrogens is 229 g/mol. The maximum atomic E-state index is 11.6. The Labute approximate surface area is 94.1 Å². The third-order valence-corrected chi connectivity index (χ3v) is 2.80. The van der Waals surface area contributed by atoms with E-state index in [1.165, 1.54) is 0 Å². The molecule has 5 nitrogen and oxygen atoms in total. The van der Waals surface area contributed by atoms with Crippen LogP contribution in [0.1, 0.15) is 16.8 Å². The SMILES string of the molecule is O=C(c1ccccc1)N(O)CCC[PH](=O)O. The maximum Gasteiger partial charge on any atom is 0.277 e. The van der Waals surface area contributed by atoms with Crippen LogP contribution >= 0.6 is 8.03 Å². The molecule has 2 N–H and O–H groups in total. The Balaban J connectivity index is 2.45. The van der Waals surface area contributed by atoms with Crippen LogP contribution < -0.4 is 0 Å². The van der Waals surface area contributed by atoms with Crippen molar-refractivity contribution in [3.63, 3.8) is 0 Å². The zero-order valence-electron chi connectivity index (χ0n) is 8.67. The van der Waals surface area contributed by atoms with Crippen LogP contribution in [-0.2, 0) is 4.57 Å². The largest absolute Gasteiger partial charge is 0.346 e. The molecule has 0 saturated carbocycles. The molecule has 88 valence electrons. The van der Waals surface area contributed by atoms with Crippen molar-refractivity contribution in [1.29, 1.82) is 0 Å². The van der Waals surface area contributed by atoms with Crippen LogP contribution in [0.2, 0.25) is 0 Å². The Kier molecular flexibility index (Phi) is 5.19. The van der Waals surface area contributed by atoms with Gasteiger partial charge in [-0.3, -0.25) is 14.6 Å². The van der Waals surface area contributed by atoms with Crippen molar-refractivity contribution in [2.45, 2.75) is 6.42 Å². The smallest absolute Gasteiger partial charge is 0.277 e. The molecule has 0 aromatic heterocycles. The number of benzene rings is 1.